The molecule has 0 spiro atoms. The number of nitrogens with zero attached hydrogens (tertiary/aromatic N) is 1. The van der Waals surface area contributed by atoms with E-state index in [4.69, 9.17) is 0 Å². The number of aryl methyl sites for hydroxylation is 2. The van der Waals surface area contributed by atoms with Crippen LogP contribution in [0.1, 0.15) is 29.9 Å². The van der Waals surface area contributed by atoms with Crippen molar-refractivity contribution in [2.24, 2.45) is 0 Å². The van der Waals surface area contributed by atoms with Gasteiger partial charge in [-0.25, -0.2) is 0 Å². The van der Waals surface area contributed by atoms with E-state index in [0.29, 0.717) is 0 Å². The van der Waals surface area contributed by atoms with Crippen molar-refractivity contribution in [3.05, 3.63) is 47.3 Å². The van der Waals surface area contributed by atoms with Crippen LogP contribution >= 0.6 is 0 Å². The van der Waals surface area contributed by atoms with E-state index in [1.807, 2.05) is 37.6 Å². The predicted molar refractivity (Wildman–Crippen MR) is 71.5 cm³/mol. The van der Waals surface area contributed by atoms with Gasteiger partial charge in [0, 0.05) is 17.5 Å². The van der Waals surface area contributed by atoms with E-state index in [1.54, 1.807) is 12.1 Å². The summed E-state index contributed by atoms with van der Waals surface area (Å²) in [4.78, 5) is 0. The number of rotatable bonds is 3. The Kier molecular flexibility index (Phi) is 3.19. The van der Waals surface area contributed by atoms with Gasteiger partial charge in [0.1, 0.15) is 11.5 Å². The lowest BCUT2D eigenvalue weighted by atomic mass is 10.1. The quantitative estimate of drug-likeness (QED) is 0.780. The summed E-state index contributed by atoms with van der Waals surface area (Å²) in [6, 6.07) is 8.66. The maximum absolute atomic E-state index is 9.48. The van der Waals surface area contributed by atoms with Gasteiger partial charge in [-0.3, -0.25) is 4.68 Å². The highest BCUT2D eigenvalue weighted by atomic mass is 16.3. The van der Waals surface area contributed by atoms with Crippen LogP contribution in [0.25, 0.3) is 0 Å². The molecule has 0 radical (unpaired) electrons. The molecule has 1 aromatic heterocycles. The smallest absolute Gasteiger partial charge is 0.119 e. The third-order valence-corrected chi connectivity index (χ3v) is 3.02. The van der Waals surface area contributed by atoms with Crippen molar-refractivity contribution in [1.29, 1.82) is 0 Å². The van der Waals surface area contributed by atoms with Crippen molar-refractivity contribution in [1.82, 2.24) is 4.68 Å². The largest absolute Gasteiger partial charge is 0.508 e. The van der Waals surface area contributed by atoms with Crippen LogP contribution in [0.5, 0.6) is 11.5 Å². The molecule has 2 aromatic rings. The summed E-state index contributed by atoms with van der Waals surface area (Å²) in [7, 11) is 0. The van der Waals surface area contributed by atoms with Gasteiger partial charge in [0.2, 0.25) is 0 Å². The summed E-state index contributed by atoms with van der Waals surface area (Å²) in [6.07, 6.45) is 0. The van der Waals surface area contributed by atoms with Gasteiger partial charge in [0.15, 0.2) is 0 Å². The number of nitrogens with one attached hydrogen (secondary N) is 1. The Bertz CT molecular complexity index is 521. The molecule has 0 aliphatic heterocycles. The maximum atomic E-state index is 9.48. The molecule has 0 aliphatic rings. The van der Waals surface area contributed by atoms with Crippen LogP contribution < -0.4 is 5.43 Å². The lowest BCUT2D eigenvalue weighted by molar-refractivity contribution is 0.448. The molecule has 0 amide bonds. The van der Waals surface area contributed by atoms with Crippen molar-refractivity contribution in [2.45, 2.75) is 26.8 Å². The SMILES string of the molecule is Cc1ccc(C)n1NC(C)c1cc(O)cc(O)c1. The molecule has 1 aromatic carbocycles. The summed E-state index contributed by atoms with van der Waals surface area (Å²) in [6.45, 7) is 6.02. The Hall–Kier alpha value is -2.10. The van der Waals surface area contributed by atoms with E-state index in [2.05, 4.69) is 5.43 Å². The van der Waals surface area contributed by atoms with Crippen molar-refractivity contribution in [3.63, 3.8) is 0 Å². The average molecular weight is 246 g/mol. The highest BCUT2D eigenvalue weighted by molar-refractivity contribution is 5.38. The molecular weight excluding hydrogens is 228 g/mol. The molecule has 18 heavy (non-hydrogen) atoms. The molecule has 0 fully saturated rings. The van der Waals surface area contributed by atoms with E-state index >= 15 is 0 Å². The van der Waals surface area contributed by atoms with Crippen LogP contribution in [-0.2, 0) is 0 Å². The van der Waals surface area contributed by atoms with E-state index in [-0.39, 0.29) is 17.5 Å². The number of hydrogen-bond acceptors (Lipinski definition) is 3. The Morgan fingerprint density at radius 3 is 2.00 bits per heavy atom. The molecule has 4 heteroatoms. The number of phenolic OH excluding ortho intramolecular Hbond substituents is 2. The topological polar surface area (TPSA) is 57.4 Å². The lowest BCUT2D eigenvalue weighted by Crippen LogP contribution is -2.20. The fourth-order valence-electron chi connectivity index (χ4n) is 2.01. The Morgan fingerprint density at radius 2 is 1.50 bits per heavy atom. The van der Waals surface area contributed by atoms with Crippen molar-refractivity contribution in [2.75, 3.05) is 5.43 Å². The Labute approximate surface area is 106 Å². The van der Waals surface area contributed by atoms with Crippen LogP contribution in [-0.4, -0.2) is 14.9 Å². The first-order chi connectivity index (χ1) is 8.47. The van der Waals surface area contributed by atoms with Gasteiger partial charge in [0.05, 0.1) is 6.04 Å². The standard InChI is InChI=1S/C14H18N2O2/c1-9-4-5-10(2)16(9)15-11(3)12-6-13(17)8-14(18)7-12/h4-8,11,15,17-18H,1-3H3. The highest BCUT2D eigenvalue weighted by Gasteiger charge is 2.10. The number of aromatic hydroxyl groups is 2. The monoisotopic (exact) mass is 246 g/mol. The molecule has 96 valence electrons. The molecular formula is C14H18N2O2. The van der Waals surface area contributed by atoms with Gasteiger partial charge >= 0.3 is 0 Å². The maximum Gasteiger partial charge on any atom is 0.119 e. The summed E-state index contributed by atoms with van der Waals surface area (Å²) >= 11 is 0. The summed E-state index contributed by atoms with van der Waals surface area (Å²) in [5.41, 5.74) is 6.39. The molecule has 1 unspecified atom stereocenters. The van der Waals surface area contributed by atoms with Crippen molar-refractivity contribution >= 4 is 0 Å². The number of benzene rings is 1. The molecule has 1 atom stereocenters. The predicted octanol–water partition coefficient (Wildman–Crippen LogP) is 2.82. The van der Waals surface area contributed by atoms with Gasteiger partial charge in [-0.15, -0.1) is 0 Å². The van der Waals surface area contributed by atoms with Gasteiger partial charge in [-0.1, -0.05) is 0 Å². The zero-order valence-corrected chi connectivity index (χ0v) is 10.8. The van der Waals surface area contributed by atoms with Crippen LogP contribution in [0, 0.1) is 13.8 Å². The van der Waals surface area contributed by atoms with Crippen LogP contribution in [0.2, 0.25) is 0 Å². The summed E-state index contributed by atoms with van der Waals surface area (Å²) in [5.74, 6) is 0.138. The second kappa shape index (κ2) is 4.64. The highest BCUT2D eigenvalue weighted by Crippen LogP contribution is 2.25. The number of hydrogen-bond donors (Lipinski definition) is 3. The molecule has 0 aliphatic carbocycles. The summed E-state index contributed by atoms with van der Waals surface area (Å²) in [5, 5.41) is 19.0. The minimum Gasteiger partial charge on any atom is -0.508 e. The van der Waals surface area contributed by atoms with E-state index in [0.717, 1.165) is 17.0 Å². The van der Waals surface area contributed by atoms with E-state index in [9.17, 15) is 10.2 Å². The normalized spacial score (nSPS) is 12.4. The molecule has 0 saturated heterocycles. The van der Waals surface area contributed by atoms with Crippen LogP contribution in [0.15, 0.2) is 30.3 Å². The molecule has 0 bridgehead atoms. The molecule has 3 N–H and O–H groups in total. The molecule has 4 nitrogen and oxygen atoms in total. The zero-order valence-electron chi connectivity index (χ0n) is 10.8. The first kappa shape index (κ1) is 12.4. The second-order valence-electron chi connectivity index (χ2n) is 4.59. The fourth-order valence-corrected chi connectivity index (χ4v) is 2.01. The van der Waals surface area contributed by atoms with E-state index < -0.39 is 0 Å². The lowest BCUT2D eigenvalue weighted by Gasteiger charge is -2.20. The van der Waals surface area contributed by atoms with E-state index in [1.165, 1.54) is 6.07 Å². The van der Waals surface area contributed by atoms with Gasteiger partial charge in [-0.2, -0.15) is 0 Å². The number of phenols is 2. The molecule has 2 rings (SSSR count). The van der Waals surface area contributed by atoms with Gasteiger partial charge in [0.25, 0.3) is 0 Å². The fraction of sp³-hybridized carbons (Fsp3) is 0.286. The average Bonchev–Trinajstić information content (AvgIpc) is 2.59. The van der Waals surface area contributed by atoms with Crippen molar-refractivity contribution < 1.29 is 10.2 Å². The van der Waals surface area contributed by atoms with Crippen LogP contribution in [0.3, 0.4) is 0 Å². The minimum absolute atomic E-state index is 0.0206. The second-order valence-corrected chi connectivity index (χ2v) is 4.59. The Morgan fingerprint density at radius 1 is 1.00 bits per heavy atom. The van der Waals surface area contributed by atoms with Crippen molar-refractivity contribution in [3.8, 4) is 11.5 Å². The Balaban J connectivity index is 2.24. The first-order valence-electron chi connectivity index (χ1n) is 5.92. The first-order valence-corrected chi connectivity index (χ1v) is 5.92. The van der Waals surface area contributed by atoms with Crippen LogP contribution in [0.4, 0.5) is 0 Å². The molecule has 1 heterocycles. The minimum atomic E-state index is -0.0206. The molecule has 0 saturated carbocycles. The third kappa shape index (κ3) is 2.42. The third-order valence-electron chi connectivity index (χ3n) is 3.02. The van der Waals surface area contributed by atoms with Gasteiger partial charge < -0.3 is 15.6 Å². The number of aromatic nitrogens is 1. The van der Waals surface area contributed by atoms with Gasteiger partial charge in [-0.05, 0) is 50.6 Å². The summed E-state index contributed by atoms with van der Waals surface area (Å²) < 4.78 is 1.99. The zero-order chi connectivity index (χ0) is 13.3.